The number of aromatic nitrogens is 1. The van der Waals surface area contributed by atoms with E-state index in [2.05, 4.69) is 57.9 Å². The maximum atomic E-state index is 5.73. The molecule has 2 N–H and O–H groups in total. The summed E-state index contributed by atoms with van der Waals surface area (Å²) >= 11 is 3.41. The van der Waals surface area contributed by atoms with Crippen LogP contribution in [0.15, 0.2) is 47.1 Å². The lowest BCUT2D eigenvalue weighted by atomic mass is 10.1. The summed E-state index contributed by atoms with van der Waals surface area (Å²) in [4.78, 5) is 6.84. The van der Waals surface area contributed by atoms with Crippen molar-refractivity contribution in [2.24, 2.45) is 0 Å². The molecule has 0 saturated heterocycles. The number of pyridine rings is 1. The van der Waals surface area contributed by atoms with Crippen molar-refractivity contribution in [3.8, 4) is 0 Å². The summed E-state index contributed by atoms with van der Waals surface area (Å²) in [5, 5.41) is 0. The second-order valence-corrected chi connectivity index (χ2v) is 6.12. The summed E-state index contributed by atoms with van der Waals surface area (Å²) in [6, 6.07) is 12.6. The molecule has 0 atom stereocenters. The van der Waals surface area contributed by atoms with Crippen LogP contribution < -0.4 is 5.73 Å². The van der Waals surface area contributed by atoms with E-state index in [0.717, 1.165) is 28.9 Å². The van der Waals surface area contributed by atoms with Gasteiger partial charge in [0.15, 0.2) is 0 Å². The van der Waals surface area contributed by atoms with Crippen molar-refractivity contribution in [1.82, 2.24) is 9.88 Å². The van der Waals surface area contributed by atoms with Gasteiger partial charge in [0.05, 0.1) is 5.69 Å². The first kappa shape index (κ1) is 15.0. The average molecular weight is 334 g/mol. The molecule has 1 heterocycles. The highest BCUT2D eigenvalue weighted by Crippen LogP contribution is 2.15. The Morgan fingerprint density at radius 2 is 1.80 bits per heavy atom. The Balaban J connectivity index is 2.07. The van der Waals surface area contributed by atoms with Crippen molar-refractivity contribution < 1.29 is 0 Å². The Labute approximate surface area is 129 Å². The third kappa shape index (κ3) is 4.32. The Morgan fingerprint density at radius 3 is 2.35 bits per heavy atom. The molecule has 0 fully saturated rings. The molecule has 0 spiro atoms. The summed E-state index contributed by atoms with van der Waals surface area (Å²) in [5.41, 5.74) is 8.88. The lowest BCUT2D eigenvalue weighted by molar-refractivity contribution is 0.201. The average Bonchev–Trinajstić information content (AvgIpc) is 2.42. The number of rotatable bonds is 5. The van der Waals surface area contributed by atoms with Gasteiger partial charge >= 0.3 is 0 Å². The molecule has 0 saturated carbocycles. The van der Waals surface area contributed by atoms with E-state index in [1.807, 2.05) is 24.4 Å². The van der Waals surface area contributed by atoms with E-state index in [4.69, 9.17) is 5.73 Å². The lowest BCUT2D eigenvalue weighted by Crippen LogP contribution is -2.30. The lowest BCUT2D eigenvalue weighted by Gasteiger charge is -2.26. The predicted molar refractivity (Wildman–Crippen MR) is 87.2 cm³/mol. The normalized spacial score (nSPS) is 11.2. The highest BCUT2D eigenvalue weighted by Gasteiger charge is 2.11. The zero-order chi connectivity index (χ0) is 14.5. The molecule has 0 amide bonds. The van der Waals surface area contributed by atoms with Gasteiger partial charge in [0, 0.05) is 35.5 Å². The van der Waals surface area contributed by atoms with Gasteiger partial charge in [0.1, 0.15) is 0 Å². The van der Waals surface area contributed by atoms with Gasteiger partial charge in [0.25, 0.3) is 0 Å². The Hall–Kier alpha value is -1.39. The maximum absolute atomic E-state index is 5.73. The van der Waals surface area contributed by atoms with Crippen LogP contribution in [0.25, 0.3) is 0 Å². The van der Waals surface area contributed by atoms with Gasteiger partial charge in [-0.2, -0.15) is 0 Å². The third-order valence-electron chi connectivity index (χ3n) is 3.25. The number of nitrogens with zero attached hydrogens (tertiary/aromatic N) is 2. The zero-order valence-corrected chi connectivity index (χ0v) is 13.5. The molecule has 106 valence electrons. The van der Waals surface area contributed by atoms with E-state index in [-0.39, 0.29) is 0 Å². The number of benzene rings is 1. The summed E-state index contributed by atoms with van der Waals surface area (Å²) in [5.74, 6) is 0. The van der Waals surface area contributed by atoms with Crippen LogP contribution in [0.1, 0.15) is 25.1 Å². The molecular formula is C16H20BrN3. The molecule has 0 unspecified atom stereocenters. The molecule has 20 heavy (non-hydrogen) atoms. The quantitative estimate of drug-likeness (QED) is 0.845. The third-order valence-corrected chi connectivity index (χ3v) is 3.72. The second kappa shape index (κ2) is 6.86. The fraction of sp³-hybridized carbons (Fsp3) is 0.312. The first-order valence-corrected chi connectivity index (χ1v) is 7.53. The number of hydrogen-bond donors (Lipinski definition) is 1. The van der Waals surface area contributed by atoms with E-state index in [1.165, 1.54) is 5.56 Å². The standard InChI is InChI=1S/C16H20BrN3/c1-12(2)20(10-13-3-6-15(18)7-4-13)11-16-8-5-14(17)9-19-16/h3-9,12H,10-11,18H2,1-2H3. The predicted octanol–water partition coefficient (Wildman–Crippen LogP) is 3.84. The van der Waals surface area contributed by atoms with E-state index in [0.29, 0.717) is 6.04 Å². The first-order valence-electron chi connectivity index (χ1n) is 6.73. The van der Waals surface area contributed by atoms with Gasteiger partial charge in [0.2, 0.25) is 0 Å². The molecule has 4 heteroatoms. The molecule has 0 aliphatic rings. The second-order valence-electron chi connectivity index (χ2n) is 5.21. The van der Waals surface area contributed by atoms with Crippen LogP contribution in [0.2, 0.25) is 0 Å². The number of anilines is 1. The minimum absolute atomic E-state index is 0.456. The fourth-order valence-electron chi connectivity index (χ4n) is 1.99. The van der Waals surface area contributed by atoms with Crippen molar-refractivity contribution in [3.63, 3.8) is 0 Å². The van der Waals surface area contributed by atoms with E-state index >= 15 is 0 Å². The number of nitrogens with two attached hydrogens (primary N) is 1. The van der Waals surface area contributed by atoms with Crippen LogP contribution in [0.4, 0.5) is 5.69 Å². The largest absolute Gasteiger partial charge is 0.399 e. The van der Waals surface area contributed by atoms with Gasteiger partial charge in [-0.25, -0.2) is 0 Å². The molecule has 0 radical (unpaired) electrons. The monoisotopic (exact) mass is 333 g/mol. The Bertz CT molecular complexity index is 487. The molecule has 2 rings (SSSR count). The van der Waals surface area contributed by atoms with Crippen molar-refractivity contribution in [1.29, 1.82) is 0 Å². The van der Waals surface area contributed by atoms with Crippen molar-refractivity contribution >= 4 is 21.6 Å². The summed E-state index contributed by atoms with van der Waals surface area (Å²) < 4.78 is 1.01. The van der Waals surface area contributed by atoms with Crippen LogP contribution in [0.3, 0.4) is 0 Å². The number of hydrogen-bond acceptors (Lipinski definition) is 3. The van der Waals surface area contributed by atoms with Crippen LogP contribution >= 0.6 is 15.9 Å². The Morgan fingerprint density at radius 1 is 1.10 bits per heavy atom. The van der Waals surface area contributed by atoms with Gasteiger partial charge in [-0.05, 0) is 59.6 Å². The SMILES string of the molecule is CC(C)N(Cc1ccc(N)cc1)Cc1ccc(Br)cn1. The highest BCUT2D eigenvalue weighted by molar-refractivity contribution is 9.10. The summed E-state index contributed by atoms with van der Waals surface area (Å²) in [7, 11) is 0. The Kier molecular flexibility index (Phi) is 5.15. The van der Waals surface area contributed by atoms with Gasteiger partial charge < -0.3 is 5.73 Å². The van der Waals surface area contributed by atoms with Crippen LogP contribution in [-0.4, -0.2) is 15.9 Å². The molecule has 1 aromatic carbocycles. The highest BCUT2D eigenvalue weighted by atomic mass is 79.9. The maximum Gasteiger partial charge on any atom is 0.0545 e. The molecule has 0 aliphatic carbocycles. The molecule has 1 aromatic heterocycles. The number of nitrogen functional groups attached to an aromatic ring is 1. The van der Waals surface area contributed by atoms with E-state index < -0.39 is 0 Å². The van der Waals surface area contributed by atoms with Gasteiger partial charge in [-0.3, -0.25) is 9.88 Å². The van der Waals surface area contributed by atoms with Gasteiger partial charge in [-0.1, -0.05) is 12.1 Å². The van der Waals surface area contributed by atoms with Crippen molar-refractivity contribution in [2.75, 3.05) is 5.73 Å². The van der Waals surface area contributed by atoms with E-state index in [9.17, 15) is 0 Å². The minimum atomic E-state index is 0.456. The zero-order valence-electron chi connectivity index (χ0n) is 11.9. The molecular weight excluding hydrogens is 314 g/mol. The molecule has 0 bridgehead atoms. The summed E-state index contributed by atoms with van der Waals surface area (Å²) in [6.07, 6.45) is 1.84. The fourth-order valence-corrected chi connectivity index (χ4v) is 2.22. The summed E-state index contributed by atoms with van der Waals surface area (Å²) in [6.45, 7) is 6.15. The van der Waals surface area contributed by atoms with Gasteiger partial charge in [-0.15, -0.1) is 0 Å². The van der Waals surface area contributed by atoms with Crippen LogP contribution in [-0.2, 0) is 13.1 Å². The van der Waals surface area contributed by atoms with E-state index in [1.54, 1.807) is 0 Å². The molecule has 3 nitrogen and oxygen atoms in total. The smallest absolute Gasteiger partial charge is 0.0545 e. The number of halogens is 1. The van der Waals surface area contributed by atoms with Crippen LogP contribution in [0, 0.1) is 0 Å². The topological polar surface area (TPSA) is 42.1 Å². The first-order chi connectivity index (χ1) is 9.54. The van der Waals surface area contributed by atoms with Crippen molar-refractivity contribution in [2.45, 2.75) is 33.0 Å². The molecule has 0 aliphatic heterocycles. The minimum Gasteiger partial charge on any atom is -0.399 e. The molecule has 2 aromatic rings. The van der Waals surface area contributed by atoms with Crippen LogP contribution in [0.5, 0.6) is 0 Å². The van der Waals surface area contributed by atoms with Crippen molar-refractivity contribution in [3.05, 3.63) is 58.3 Å².